The van der Waals surface area contributed by atoms with Gasteiger partial charge >= 0.3 is 0 Å². The van der Waals surface area contributed by atoms with Gasteiger partial charge in [-0.25, -0.2) is 0 Å². The zero-order chi connectivity index (χ0) is 13.1. The molecule has 0 spiro atoms. The van der Waals surface area contributed by atoms with Crippen LogP contribution in [0.3, 0.4) is 0 Å². The third kappa shape index (κ3) is 2.62. The van der Waals surface area contributed by atoms with Gasteiger partial charge in [-0.15, -0.1) is 0 Å². The van der Waals surface area contributed by atoms with Crippen LogP contribution in [0, 0.1) is 13.8 Å². The van der Waals surface area contributed by atoms with Gasteiger partial charge in [-0.2, -0.15) is 5.10 Å². The number of aliphatic hydroxyl groups is 1. The summed E-state index contributed by atoms with van der Waals surface area (Å²) in [6.45, 7) is 6.96. The first-order valence-electron chi connectivity index (χ1n) is 6.37. The van der Waals surface area contributed by atoms with Gasteiger partial charge in [0.1, 0.15) is 0 Å². The Morgan fingerprint density at radius 3 is 2.56 bits per heavy atom. The summed E-state index contributed by atoms with van der Waals surface area (Å²) >= 11 is 0. The number of aromatic nitrogens is 2. The second-order valence-electron chi connectivity index (χ2n) is 4.77. The summed E-state index contributed by atoms with van der Waals surface area (Å²) in [7, 11) is 0. The molecule has 3 heteroatoms. The molecular formula is C15H20N2O. The van der Waals surface area contributed by atoms with Crippen molar-refractivity contribution in [3.8, 4) is 0 Å². The van der Waals surface area contributed by atoms with Crippen LogP contribution >= 0.6 is 0 Å². The molecule has 0 aliphatic heterocycles. The van der Waals surface area contributed by atoms with Crippen molar-refractivity contribution in [3.05, 3.63) is 52.8 Å². The summed E-state index contributed by atoms with van der Waals surface area (Å²) in [5.74, 6) is 0. The Bertz CT molecular complexity index is 511. The number of benzene rings is 1. The van der Waals surface area contributed by atoms with Crippen molar-refractivity contribution in [2.75, 3.05) is 0 Å². The molecular weight excluding hydrogens is 224 g/mol. The van der Waals surface area contributed by atoms with Crippen molar-refractivity contribution in [1.29, 1.82) is 0 Å². The van der Waals surface area contributed by atoms with Gasteiger partial charge in [0, 0.05) is 11.8 Å². The van der Waals surface area contributed by atoms with E-state index in [9.17, 15) is 5.11 Å². The summed E-state index contributed by atoms with van der Waals surface area (Å²) in [6.07, 6.45) is 3.99. The smallest absolute Gasteiger partial charge is 0.0817 e. The Kier molecular flexibility index (Phi) is 3.82. The third-order valence-corrected chi connectivity index (χ3v) is 3.39. The summed E-state index contributed by atoms with van der Waals surface area (Å²) in [5.41, 5.74) is 4.76. The summed E-state index contributed by atoms with van der Waals surface area (Å²) in [4.78, 5) is 0. The lowest BCUT2D eigenvalue weighted by molar-refractivity contribution is 0.173. The zero-order valence-electron chi connectivity index (χ0n) is 11.2. The fourth-order valence-electron chi connectivity index (χ4n) is 2.13. The highest BCUT2D eigenvalue weighted by Crippen LogP contribution is 2.18. The van der Waals surface area contributed by atoms with Crippen LogP contribution in [0.2, 0.25) is 0 Å². The molecule has 1 aromatic carbocycles. The van der Waals surface area contributed by atoms with E-state index in [2.05, 4.69) is 37.1 Å². The fraction of sp³-hybridized carbons (Fsp3) is 0.400. The molecule has 1 unspecified atom stereocenters. The molecule has 0 aliphatic rings. The van der Waals surface area contributed by atoms with Crippen LogP contribution in [0.15, 0.2) is 30.6 Å². The topological polar surface area (TPSA) is 38.1 Å². The Labute approximate surface area is 108 Å². The molecule has 0 amide bonds. The first-order chi connectivity index (χ1) is 8.61. The highest BCUT2D eigenvalue weighted by molar-refractivity contribution is 5.33. The lowest BCUT2D eigenvalue weighted by Crippen LogP contribution is -2.04. The second-order valence-corrected chi connectivity index (χ2v) is 4.77. The zero-order valence-corrected chi connectivity index (χ0v) is 11.2. The molecule has 1 N–H and O–H groups in total. The molecule has 0 fully saturated rings. The summed E-state index contributed by atoms with van der Waals surface area (Å²) in [5, 5.41) is 14.1. The van der Waals surface area contributed by atoms with Crippen molar-refractivity contribution in [2.24, 2.45) is 0 Å². The first kappa shape index (κ1) is 12.8. The van der Waals surface area contributed by atoms with Crippen molar-refractivity contribution in [3.63, 3.8) is 0 Å². The van der Waals surface area contributed by atoms with Crippen LogP contribution < -0.4 is 0 Å². The van der Waals surface area contributed by atoms with Gasteiger partial charge in [0.05, 0.1) is 18.8 Å². The lowest BCUT2D eigenvalue weighted by Gasteiger charge is -2.09. The molecule has 96 valence electrons. The Hall–Kier alpha value is -1.61. The number of nitrogens with zero attached hydrogens (tertiary/aromatic N) is 2. The highest BCUT2D eigenvalue weighted by Gasteiger charge is 2.09. The number of rotatable bonds is 4. The van der Waals surface area contributed by atoms with Gasteiger partial charge in [-0.1, -0.05) is 25.1 Å². The molecule has 2 rings (SSSR count). The van der Waals surface area contributed by atoms with E-state index in [1.807, 2.05) is 17.8 Å². The van der Waals surface area contributed by atoms with E-state index in [4.69, 9.17) is 0 Å². The standard InChI is InChI=1S/C15H20N2O/c1-4-15(18)13-8-16-17(9-13)10-14-11(2)6-5-7-12(14)3/h5-9,15,18H,4,10H2,1-3H3. The van der Waals surface area contributed by atoms with Crippen molar-refractivity contribution in [2.45, 2.75) is 39.8 Å². The van der Waals surface area contributed by atoms with Crippen molar-refractivity contribution >= 4 is 0 Å². The minimum atomic E-state index is -0.406. The van der Waals surface area contributed by atoms with E-state index in [1.165, 1.54) is 16.7 Å². The van der Waals surface area contributed by atoms with Crippen LogP contribution in [-0.2, 0) is 6.54 Å². The minimum absolute atomic E-state index is 0.406. The van der Waals surface area contributed by atoms with Gasteiger partial charge in [-0.3, -0.25) is 4.68 Å². The van der Waals surface area contributed by atoms with Crippen LogP contribution in [0.5, 0.6) is 0 Å². The highest BCUT2D eigenvalue weighted by atomic mass is 16.3. The van der Waals surface area contributed by atoms with Crippen molar-refractivity contribution in [1.82, 2.24) is 9.78 Å². The first-order valence-corrected chi connectivity index (χ1v) is 6.37. The maximum Gasteiger partial charge on any atom is 0.0817 e. The number of hydrogen-bond donors (Lipinski definition) is 1. The summed E-state index contributed by atoms with van der Waals surface area (Å²) < 4.78 is 1.89. The van der Waals surface area contributed by atoms with Crippen LogP contribution in [0.4, 0.5) is 0 Å². The molecule has 0 radical (unpaired) electrons. The van der Waals surface area contributed by atoms with E-state index in [0.29, 0.717) is 0 Å². The Morgan fingerprint density at radius 2 is 1.94 bits per heavy atom. The third-order valence-electron chi connectivity index (χ3n) is 3.39. The quantitative estimate of drug-likeness (QED) is 0.897. The monoisotopic (exact) mass is 244 g/mol. The van der Waals surface area contributed by atoms with Gasteiger partial charge in [0.25, 0.3) is 0 Å². The average molecular weight is 244 g/mol. The Balaban J connectivity index is 2.21. The fourth-order valence-corrected chi connectivity index (χ4v) is 2.13. The SMILES string of the molecule is CCC(O)c1cnn(Cc2c(C)cccc2C)c1. The molecule has 18 heavy (non-hydrogen) atoms. The van der Waals surface area contributed by atoms with Gasteiger partial charge < -0.3 is 5.11 Å². The molecule has 0 bridgehead atoms. The second kappa shape index (κ2) is 5.36. The molecule has 3 nitrogen and oxygen atoms in total. The van der Waals surface area contributed by atoms with E-state index in [1.54, 1.807) is 6.20 Å². The minimum Gasteiger partial charge on any atom is -0.388 e. The molecule has 1 atom stereocenters. The lowest BCUT2D eigenvalue weighted by atomic mass is 10.0. The normalized spacial score (nSPS) is 12.7. The van der Waals surface area contributed by atoms with Crippen LogP contribution in [0.1, 0.15) is 41.7 Å². The Morgan fingerprint density at radius 1 is 1.28 bits per heavy atom. The van der Waals surface area contributed by atoms with Gasteiger partial charge in [0.15, 0.2) is 0 Å². The maximum atomic E-state index is 9.76. The van der Waals surface area contributed by atoms with E-state index < -0.39 is 6.10 Å². The molecule has 0 saturated heterocycles. The molecule has 2 aromatic rings. The molecule has 0 aliphatic carbocycles. The predicted octanol–water partition coefficient (Wildman–Crippen LogP) is 2.99. The van der Waals surface area contributed by atoms with Crippen LogP contribution in [-0.4, -0.2) is 14.9 Å². The average Bonchev–Trinajstić information content (AvgIpc) is 2.81. The predicted molar refractivity (Wildman–Crippen MR) is 72.5 cm³/mol. The molecule has 1 aromatic heterocycles. The number of aryl methyl sites for hydroxylation is 2. The van der Waals surface area contributed by atoms with Crippen molar-refractivity contribution < 1.29 is 5.11 Å². The maximum absolute atomic E-state index is 9.76. The van der Waals surface area contributed by atoms with E-state index in [0.717, 1.165) is 18.5 Å². The van der Waals surface area contributed by atoms with Gasteiger partial charge in [-0.05, 0) is 37.0 Å². The van der Waals surface area contributed by atoms with E-state index in [-0.39, 0.29) is 0 Å². The molecule has 1 heterocycles. The van der Waals surface area contributed by atoms with E-state index >= 15 is 0 Å². The number of hydrogen-bond acceptors (Lipinski definition) is 2. The van der Waals surface area contributed by atoms with Gasteiger partial charge in [0.2, 0.25) is 0 Å². The molecule has 0 saturated carbocycles. The van der Waals surface area contributed by atoms with Crippen LogP contribution in [0.25, 0.3) is 0 Å². The largest absolute Gasteiger partial charge is 0.388 e. The number of aliphatic hydroxyl groups excluding tert-OH is 1. The summed E-state index contributed by atoms with van der Waals surface area (Å²) in [6, 6.07) is 6.31.